The molecule has 0 saturated carbocycles. The van der Waals surface area contributed by atoms with Crippen molar-refractivity contribution in [3.63, 3.8) is 0 Å². The van der Waals surface area contributed by atoms with Gasteiger partial charge in [0.25, 0.3) is 5.91 Å². The number of ether oxygens (including phenoxy) is 1. The van der Waals surface area contributed by atoms with Gasteiger partial charge in [-0.3, -0.25) is 9.78 Å². The van der Waals surface area contributed by atoms with E-state index in [1.54, 1.807) is 18.3 Å². The Labute approximate surface area is 124 Å². The van der Waals surface area contributed by atoms with Crippen molar-refractivity contribution in [1.82, 2.24) is 9.88 Å². The minimum absolute atomic E-state index is 0.190. The SMILES string of the molecule is COc1c(F)c(F)cc(C(=O)N2Cc3cccnc3C2)c1F. The van der Waals surface area contributed by atoms with Gasteiger partial charge in [-0.1, -0.05) is 6.07 Å². The summed E-state index contributed by atoms with van der Waals surface area (Å²) in [6, 6.07) is 4.08. The van der Waals surface area contributed by atoms with Crippen LogP contribution in [0.1, 0.15) is 21.6 Å². The highest BCUT2D eigenvalue weighted by molar-refractivity contribution is 5.95. The molecule has 1 amide bonds. The van der Waals surface area contributed by atoms with Gasteiger partial charge >= 0.3 is 0 Å². The van der Waals surface area contributed by atoms with E-state index >= 15 is 0 Å². The fraction of sp³-hybridized carbons (Fsp3) is 0.200. The van der Waals surface area contributed by atoms with Crippen LogP contribution in [0.15, 0.2) is 24.4 Å². The molecule has 4 nitrogen and oxygen atoms in total. The van der Waals surface area contributed by atoms with Crippen molar-refractivity contribution in [1.29, 1.82) is 0 Å². The van der Waals surface area contributed by atoms with Crippen molar-refractivity contribution < 1.29 is 22.7 Å². The Bertz CT molecular complexity index is 740. The molecule has 3 rings (SSSR count). The third-order valence-electron chi connectivity index (χ3n) is 3.52. The van der Waals surface area contributed by atoms with Crippen LogP contribution in [0.25, 0.3) is 0 Å². The number of rotatable bonds is 2. The lowest BCUT2D eigenvalue weighted by Gasteiger charge is -2.17. The monoisotopic (exact) mass is 308 g/mol. The first-order chi connectivity index (χ1) is 10.5. The average Bonchev–Trinajstić information content (AvgIpc) is 2.95. The smallest absolute Gasteiger partial charge is 0.257 e. The lowest BCUT2D eigenvalue weighted by molar-refractivity contribution is 0.0744. The van der Waals surface area contributed by atoms with Gasteiger partial charge in [-0.25, -0.2) is 8.78 Å². The van der Waals surface area contributed by atoms with E-state index in [2.05, 4.69) is 9.72 Å². The number of amides is 1. The van der Waals surface area contributed by atoms with Crippen LogP contribution in [-0.2, 0) is 13.1 Å². The van der Waals surface area contributed by atoms with Gasteiger partial charge in [0.05, 0.1) is 24.9 Å². The quantitative estimate of drug-likeness (QED) is 0.801. The van der Waals surface area contributed by atoms with Crippen molar-refractivity contribution in [2.75, 3.05) is 7.11 Å². The second-order valence-corrected chi connectivity index (χ2v) is 4.84. The highest BCUT2D eigenvalue weighted by atomic mass is 19.2. The van der Waals surface area contributed by atoms with Crippen LogP contribution < -0.4 is 4.74 Å². The lowest BCUT2D eigenvalue weighted by atomic mass is 10.1. The molecule has 0 aliphatic carbocycles. The summed E-state index contributed by atoms with van der Waals surface area (Å²) in [5, 5.41) is 0. The van der Waals surface area contributed by atoms with Gasteiger partial charge in [0.2, 0.25) is 5.82 Å². The molecule has 0 atom stereocenters. The number of carbonyl (C=O) groups excluding carboxylic acids is 1. The zero-order valence-electron chi connectivity index (χ0n) is 11.6. The summed E-state index contributed by atoms with van der Waals surface area (Å²) in [5.41, 5.74) is 0.972. The van der Waals surface area contributed by atoms with Crippen LogP contribution >= 0.6 is 0 Å². The molecule has 0 unspecified atom stereocenters. The van der Waals surface area contributed by atoms with Gasteiger partial charge in [0.15, 0.2) is 17.4 Å². The Morgan fingerprint density at radius 1 is 1.27 bits per heavy atom. The summed E-state index contributed by atoms with van der Waals surface area (Å²) < 4.78 is 45.6. The third-order valence-corrected chi connectivity index (χ3v) is 3.52. The molecule has 22 heavy (non-hydrogen) atoms. The van der Waals surface area contributed by atoms with E-state index in [4.69, 9.17) is 0 Å². The van der Waals surface area contributed by atoms with E-state index in [-0.39, 0.29) is 13.1 Å². The standard InChI is InChI=1S/C15H11F3N2O2/c1-22-14-12(17)9(5-10(16)13(14)18)15(21)20-6-8-3-2-4-19-11(8)7-20/h2-5H,6-7H2,1H3. The van der Waals surface area contributed by atoms with Crippen LogP contribution in [0.3, 0.4) is 0 Å². The zero-order chi connectivity index (χ0) is 15.9. The molecule has 1 aliphatic heterocycles. The van der Waals surface area contributed by atoms with Crippen LogP contribution in [0.4, 0.5) is 13.2 Å². The Kier molecular flexibility index (Phi) is 3.48. The molecule has 114 valence electrons. The number of carbonyl (C=O) groups is 1. The average molecular weight is 308 g/mol. The molecular weight excluding hydrogens is 297 g/mol. The minimum Gasteiger partial charge on any atom is -0.491 e. The minimum atomic E-state index is -1.46. The summed E-state index contributed by atoms with van der Waals surface area (Å²) in [7, 11) is 1.00. The van der Waals surface area contributed by atoms with Gasteiger partial charge < -0.3 is 9.64 Å². The van der Waals surface area contributed by atoms with Crippen LogP contribution in [0.5, 0.6) is 5.75 Å². The summed E-state index contributed by atoms with van der Waals surface area (Å²) >= 11 is 0. The van der Waals surface area contributed by atoms with Crippen molar-refractivity contribution >= 4 is 5.91 Å². The van der Waals surface area contributed by atoms with E-state index in [0.29, 0.717) is 11.8 Å². The van der Waals surface area contributed by atoms with Crippen LogP contribution in [-0.4, -0.2) is 22.9 Å². The number of halogens is 3. The number of benzene rings is 1. The first-order valence-electron chi connectivity index (χ1n) is 6.46. The summed E-state index contributed by atoms with van der Waals surface area (Å²) in [4.78, 5) is 17.8. The molecule has 2 heterocycles. The number of methoxy groups -OCH3 is 1. The Morgan fingerprint density at radius 2 is 2.05 bits per heavy atom. The summed E-state index contributed by atoms with van der Waals surface area (Å²) in [5.74, 6) is -5.65. The third kappa shape index (κ3) is 2.18. The van der Waals surface area contributed by atoms with Gasteiger partial charge in [-0.15, -0.1) is 0 Å². The van der Waals surface area contributed by atoms with E-state index in [9.17, 15) is 18.0 Å². The van der Waals surface area contributed by atoms with E-state index in [0.717, 1.165) is 12.7 Å². The van der Waals surface area contributed by atoms with Crippen LogP contribution in [0.2, 0.25) is 0 Å². The number of pyridine rings is 1. The number of hydrogen-bond acceptors (Lipinski definition) is 3. The second kappa shape index (κ2) is 5.32. The molecule has 2 aromatic rings. The van der Waals surface area contributed by atoms with E-state index in [1.165, 1.54) is 4.90 Å². The number of fused-ring (bicyclic) bond motifs is 1. The van der Waals surface area contributed by atoms with Gasteiger partial charge in [-0.05, 0) is 17.7 Å². The molecule has 7 heteroatoms. The first-order valence-corrected chi connectivity index (χ1v) is 6.46. The fourth-order valence-electron chi connectivity index (χ4n) is 2.43. The Hall–Kier alpha value is -2.57. The molecule has 0 spiro atoms. The lowest BCUT2D eigenvalue weighted by Crippen LogP contribution is -2.27. The number of aromatic nitrogens is 1. The highest BCUT2D eigenvalue weighted by Gasteiger charge is 2.30. The highest BCUT2D eigenvalue weighted by Crippen LogP contribution is 2.29. The topological polar surface area (TPSA) is 42.4 Å². The maximum Gasteiger partial charge on any atom is 0.257 e. The molecule has 1 aromatic heterocycles. The van der Waals surface area contributed by atoms with E-state index in [1.807, 2.05) is 0 Å². The second-order valence-electron chi connectivity index (χ2n) is 4.84. The predicted octanol–water partition coefficient (Wildman–Crippen LogP) is 2.66. The molecule has 0 saturated heterocycles. The van der Waals surface area contributed by atoms with Crippen LogP contribution in [0, 0.1) is 17.5 Å². The van der Waals surface area contributed by atoms with Gasteiger partial charge in [0, 0.05) is 12.7 Å². The Morgan fingerprint density at radius 3 is 2.73 bits per heavy atom. The maximum absolute atomic E-state index is 14.2. The molecule has 0 radical (unpaired) electrons. The fourth-order valence-corrected chi connectivity index (χ4v) is 2.43. The Balaban J connectivity index is 1.96. The first kappa shape index (κ1) is 14.4. The molecule has 1 aliphatic rings. The predicted molar refractivity (Wildman–Crippen MR) is 70.7 cm³/mol. The van der Waals surface area contributed by atoms with Gasteiger partial charge in [-0.2, -0.15) is 4.39 Å². The van der Waals surface area contributed by atoms with Crippen molar-refractivity contribution in [2.24, 2.45) is 0 Å². The van der Waals surface area contributed by atoms with Crippen molar-refractivity contribution in [2.45, 2.75) is 13.1 Å². The number of nitrogens with zero attached hydrogens (tertiary/aromatic N) is 2. The largest absolute Gasteiger partial charge is 0.491 e. The molecular formula is C15H11F3N2O2. The molecule has 1 aromatic carbocycles. The zero-order valence-corrected chi connectivity index (χ0v) is 11.6. The van der Waals surface area contributed by atoms with Crippen molar-refractivity contribution in [3.8, 4) is 5.75 Å². The van der Waals surface area contributed by atoms with Gasteiger partial charge in [0.1, 0.15) is 0 Å². The number of hydrogen-bond donors (Lipinski definition) is 0. The molecule has 0 bridgehead atoms. The maximum atomic E-state index is 14.2. The summed E-state index contributed by atoms with van der Waals surface area (Å²) in [6.45, 7) is 0.429. The molecule has 0 N–H and O–H groups in total. The molecule has 0 fully saturated rings. The van der Waals surface area contributed by atoms with Crippen molar-refractivity contribution in [3.05, 3.63) is 58.7 Å². The summed E-state index contributed by atoms with van der Waals surface area (Å²) in [6.07, 6.45) is 1.59. The van der Waals surface area contributed by atoms with E-state index < -0.39 is 34.7 Å². The normalized spacial score (nSPS) is 13.2.